The van der Waals surface area contributed by atoms with Crippen molar-refractivity contribution in [1.29, 1.82) is 0 Å². The molecule has 0 spiro atoms. The van der Waals surface area contributed by atoms with Gasteiger partial charge in [-0.3, -0.25) is 9.59 Å². The van der Waals surface area contributed by atoms with E-state index < -0.39 is 11.9 Å². The molecule has 1 heterocycles. The largest absolute Gasteiger partial charge is 0.360 e. The van der Waals surface area contributed by atoms with Crippen molar-refractivity contribution in [2.24, 2.45) is 0 Å². The van der Waals surface area contributed by atoms with Gasteiger partial charge in [-0.05, 0) is 38.0 Å². The minimum atomic E-state index is -0.716. The highest BCUT2D eigenvalue weighted by atomic mass is 19.1. The minimum Gasteiger partial charge on any atom is -0.360 e. The maximum Gasteiger partial charge on any atom is 0.247 e. The van der Waals surface area contributed by atoms with E-state index in [0.717, 1.165) is 5.56 Å². The first-order valence-corrected chi connectivity index (χ1v) is 7.22. The molecule has 1 aromatic heterocycles. The third kappa shape index (κ3) is 5.21. The second-order valence-corrected chi connectivity index (χ2v) is 5.23. The second-order valence-electron chi connectivity index (χ2n) is 5.23. The van der Waals surface area contributed by atoms with Gasteiger partial charge in [-0.25, -0.2) is 4.39 Å². The quantitative estimate of drug-likeness (QED) is 0.855. The number of aromatic nitrogens is 1. The van der Waals surface area contributed by atoms with Crippen LogP contribution < -0.4 is 10.6 Å². The summed E-state index contributed by atoms with van der Waals surface area (Å²) in [5.74, 6) is -0.135. The molecular weight excluding hydrogens is 301 g/mol. The molecule has 2 rings (SSSR count). The zero-order valence-electron chi connectivity index (χ0n) is 12.9. The molecule has 0 saturated heterocycles. The van der Waals surface area contributed by atoms with Crippen molar-refractivity contribution in [3.05, 3.63) is 47.5 Å². The van der Waals surface area contributed by atoms with Crippen LogP contribution in [-0.4, -0.2) is 23.0 Å². The summed E-state index contributed by atoms with van der Waals surface area (Å²) in [7, 11) is 0. The van der Waals surface area contributed by atoms with Gasteiger partial charge in [0, 0.05) is 12.5 Å². The molecule has 0 bridgehead atoms. The Bertz CT molecular complexity index is 699. The molecule has 122 valence electrons. The first kappa shape index (κ1) is 16.7. The van der Waals surface area contributed by atoms with E-state index in [1.807, 2.05) is 0 Å². The van der Waals surface area contributed by atoms with Gasteiger partial charge in [0.25, 0.3) is 0 Å². The third-order valence-corrected chi connectivity index (χ3v) is 3.18. The number of aryl methyl sites for hydroxylation is 2. The number of hydrogen-bond acceptors (Lipinski definition) is 4. The van der Waals surface area contributed by atoms with Crippen LogP contribution in [0.4, 0.5) is 10.2 Å². The number of rotatable bonds is 6. The molecule has 0 aliphatic rings. The number of nitrogens with zero attached hydrogens (tertiary/aromatic N) is 1. The van der Waals surface area contributed by atoms with Crippen molar-refractivity contribution in [3.8, 4) is 0 Å². The number of halogens is 1. The highest BCUT2D eigenvalue weighted by Crippen LogP contribution is 2.08. The van der Waals surface area contributed by atoms with Gasteiger partial charge < -0.3 is 15.2 Å². The first-order valence-electron chi connectivity index (χ1n) is 7.22. The van der Waals surface area contributed by atoms with Gasteiger partial charge >= 0.3 is 0 Å². The fourth-order valence-corrected chi connectivity index (χ4v) is 1.99. The molecule has 7 heteroatoms. The van der Waals surface area contributed by atoms with E-state index >= 15 is 0 Å². The Balaban J connectivity index is 1.78. The lowest BCUT2D eigenvalue weighted by Gasteiger charge is -2.12. The van der Waals surface area contributed by atoms with Crippen LogP contribution in [0.25, 0.3) is 0 Å². The van der Waals surface area contributed by atoms with E-state index in [1.54, 1.807) is 32.0 Å². The van der Waals surface area contributed by atoms with Crippen LogP contribution in [0.3, 0.4) is 0 Å². The van der Waals surface area contributed by atoms with Crippen molar-refractivity contribution in [2.75, 3.05) is 5.32 Å². The number of hydrogen-bond donors (Lipinski definition) is 2. The third-order valence-electron chi connectivity index (χ3n) is 3.18. The van der Waals surface area contributed by atoms with Crippen LogP contribution in [0.1, 0.15) is 24.7 Å². The normalized spacial score (nSPS) is 11.8. The predicted octanol–water partition coefficient (Wildman–Crippen LogP) is 2.20. The molecule has 0 saturated carbocycles. The van der Waals surface area contributed by atoms with Crippen molar-refractivity contribution in [1.82, 2.24) is 10.5 Å². The summed E-state index contributed by atoms with van der Waals surface area (Å²) >= 11 is 0. The number of anilines is 1. The van der Waals surface area contributed by atoms with Crippen LogP contribution in [0, 0.1) is 12.7 Å². The van der Waals surface area contributed by atoms with Crippen molar-refractivity contribution in [2.45, 2.75) is 32.7 Å². The summed E-state index contributed by atoms with van der Waals surface area (Å²) in [6, 6.07) is 6.94. The van der Waals surface area contributed by atoms with Gasteiger partial charge in [-0.1, -0.05) is 17.3 Å². The molecule has 1 atom stereocenters. The van der Waals surface area contributed by atoms with Crippen LogP contribution in [0.15, 0.2) is 34.9 Å². The smallest absolute Gasteiger partial charge is 0.247 e. The lowest BCUT2D eigenvalue weighted by Crippen LogP contribution is -2.41. The molecule has 6 nitrogen and oxygen atoms in total. The van der Waals surface area contributed by atoms with Gasteiger partial charge in [0.2, 0.25) is 11.8 Å². The predicted molar refractivity (Wildman–Crippen MR) is 82.2 cm³/mol. The van der Waals surface area contributed by atoms with Crippen LogP contribution in [0.2, 0.25) is 0 Å². The maximum absolute atomic E-state index is 13.0. The summed E-state index contributed by atoms with van der Waals surface area (Å²) in [4.78, 5) is 23.8. The molecular formula is C16H18FN3O3. The van der Waals surface area contributed by atoms with Gasteiger partial charge in [0.15, 0.2) is 5.82 Å². The molecule has 1 aromatic carbocycles. The SMILES string of the molecule is Cc1cc(NC(=O)C(C)NC(=O)CCc2cccc(F)c2)no1. The monoisotopic (exact) mass is 319 g/mol. The molecule has 23 heavy (non-hydrogen) atoms. The highest BCUT2D eigenvalue weighted by Gasteiger charge is 2.17. The first-order chi connectivity index (χ1) is 10.9. The van der Waals surface area contributed by atoms with Gasteiger partial charge in [0.1, 0.15) is 17.6 Å². The Kier molecular flexibility index (Phi) is 5.46. The number of nitrogens with one attached hydrogen (secondary N) is 2. The number of amides is 2. The lowest BCUT2D eigenvalue weighted by atomic mass is 10.1. The second kappa shape index (κ2) is 7.53. The van der Waals surface area contributed by atoms with Gasteiger partial charge in [0.05, 0.1) is 0 Å². The Hall–Kier alpha value is -2.70. The molecule has 2 amide bonds. The zero-order chi connectivity index (χ0) is 16.8. The van der Waals surface area contributed by atoms with E-state index in [1.165, 1.54) is 12.1 Å². The average Bonchev–Trinajstić information content (AvgIpc) is 2.90. The van der Waals surface area contributed by atoms with Crippen LogP contribution >= 0.6 is 0 Å². The fraction of sp³-hybridized carbons (Fsp3) is 0.312. The van der Waals surface area contributed by atoms with Crippen molar-refractivity contribution < 1.29 is 18.5 Å². The van der Waals surface area contributed by atoms with Crippen LogP contribution in [0.5, 0.6) is 0 Å². The Labute approximate surface area is 133 Å². The minimum absolute atomic E-state index is 0.171. The molecule has 1 unspecified atom stereocenters. The fourth-order valence-electron chi connectivity index (χ4n) is 1.99. The van der Waals surface area contributed by atoms with E-state index in [2.05, 4.69) is 15.8 Å². The number of carbonyl (C=O) groups is 2. The van der Waals surface area contributed by atoms with E-state index in [0.29, 0.717) is 18.0 Å². The summed E-state index contributed by atoms with van der Waals surface area (Å²) < 4.78 is 17.9. The number of benzene rings is 1. The molecule has 0 radical (unpaired) electrons. The van der Waals surface area contributed by atoms with Crippen molar-refractivity contribution in [3.63, 3.8) is 0 Å². The van der Waals surface area contributed by atoms with E-state index in [9.17, 15) is 14.0 Å². The standard InChI is InChI=1S/C16H18FN3O3/c1-10-8-14(20-23-10)19-16(22)11(2)18-15(21)7-6-12-4-3-5-13(17)9-12/h3-5,8-9,11H,6-7H2,1-2H3,(H,18,21)(H,19,20,22). The Morgan fingerprint density at radius 3 is 2.78 bits per heavy atom. The van der Waals surface area contributed by atoms with Gasteiger partial charge in [-0.2, -0.15) is 0 Å². The highest BCUT2D eigenvalue weighted by molar-refractivity contribution is 5.96. The van der Waals surface area contributed by atoms with Crippen LogP contribution in [-0.2, 0) is 16.0 Å². The molecule has 2 aromatic rings. The lowest BCUT2D eigenvalue weighted by molar-refractivity contribution is -0.126. The average molecular weight is 319 g/mol. The summed E-state index contributed by atoms with van der Waals surface area (Å²) in [5, 5.41) is 8.78. The number of carbonyl (C=O) groups excluding carboxylic acids is 2. The topological polar surface area (TPSA) is 84.2 Å². The van der Waals surface area contributed by atoms with E-state index in [-0.39, 0.29) is 18.1 Å². The Morgan fingerprint density at radius 1 is 1.35 bits per heavy atom. The Morgan fingerprint density at radius 2 is 2.13 bits per heavy atom. The summed E-state index contributed by atoms with van der Waals surface area (Å²) in [5.41, 5.74) is 0.732. The van der Waals surface area contributed by atoms with Crippen molar-refractivity contribution >= 4 is 17.6 Å². The zero-order valence-corrected chi connectivity index (χ0v) is 12.9. The molecule has 0 aliphatic heterocycles. The van der Waals surface area contributed by atoms with E-state index in [4.69, 9.17) is 4.52 Å². The molecule has 0 aliphatic carbocycles. The summed E-state index contributed by atoms with van der Waals surface area (Å²) in [6.45, 7) is 3.28. The van der Waals surface area contributed by atoms with Gasteiger partial charge in [-0.15, -0.1) is 0 Å². The maximum atomic E-state index is 13.0. The summed E-state index contributed by atoms with van der Waals surface area (Å²) in [6.07, 6.45) is 0.574. The molecule has 0 fully saturated rings. The molecule has 2 N–H and O–H groups in total.